The van der Waals surface area contributed by atoms with Gasteiger partial charge in [-0.05, 0) is 76.6 Å². The van der Waals surface area contributed by atoms with Gasteiger partial charge in [-0.25, -0.2) is 13.2 Å². The van der Waals surface area contributed by atoms with E-state index in [1.54, 1.807) is 38.1 Å². The van der Waals surface area contributed by atoms with Crippen molar-refractivity contribution in [1.29, 1.82) is 0 Å². The lowest BCUT2D eigenvalue weighted by atomic mass is 10.0. The summed E-state index contributed by atoms with van der Waals surface area (Å²) in [5.74, 6) is -1.41. The molecule has 34 heavy (non-hydrogen) atoms. The van der Waals surface area contributed by atoms with Gasteiger partial charge in [0.2, 0.25) is 5.78 Å². The van der Waals surface area contributed by atoms with Crippen LogP contribution in [-0.4, -0.2) is 37.0 Å². The molecule has 1 atom stereocenters. The molecule has 0 radical (unpaired) electrons. The smallest absolute Gasteiger partial charge is 0.338 e. The van der Waals surface area contributed by atoms with Crippen LogP contribution in [0.4, 0.5) is 5.69 Å². The van der Waals surface area contributed by atoms with Gasteiger partial charge in [0.05, 0.1) is 16.2 Å². The number of sulfonamides is 1. The van der Waals surface area contributed by atoms with Crippen molar-refractivity contribution < 1.29 is 27.5 Å². The lowest BCUT2D eigenvalue weighted by molar-refractivity contribution is 0.0317. The van der Waals surface area contributed by atoms with Gasteiger partial charge in [-0.1, -0.05) is 17.7 Å². The Morgan fingerprint density at radius 1 is 0.941 bits per heavy atom. The molecule has 178 valence electrons. The van der Waals surface area contributed by atoms with Crippen LogP contribution in [0.15, 0.2) is 53.4 Å². The molecule has 1 aromatic heterocycles. The van der Waals surface area contributed by atoms with Crippen LogP contribution in [0.3, 0.4) is 0 Å². The van der Waals surface area contributed by atoms with Crippen LogP contribution < -0.4 is 4.72 Å². The third kappa shape index (κ3) is 5.26. The monoisotopic (exact) mass is 482 g/mol. The van der Waals surface area contributed by atoms with Crippen LogP contribution in [0, 0.1) is 20.8 Å². The maximum atomic E-state index is 12.8. The van der Waals surface area contributed by atoms with E-state index in [0.717, 1.165) is 5.56 Å². The third-order valence-corrected chi connectivity index (χ3v) is 6.79. The van der Waals surface area contributed by atoms with Gasteiger partial charge in [-0.15, -0.1) is 0 Å². The number of ether oxygens (including phenoxy) is 1. The van der Waals surface area contributed by atoms with E-state index in [1.807, 2.05) is 6.92 Å². The molecule has 0 spiro atoms. The van der Waals surface area contributed by atoms with Crippen LogP contribution in [0.1, 0.15) is 61.9 Å². The van der Waals surface area contributed by atoms with E-state index < -0.39 is 27.9 Å². The number of carbonyl (C=O) groups excluding carboxylic acids is 3. The zero-order chi connectivity index (χ0) is 25.2. The molecule has 0 fully saturated rings. The van der Waals surface area contributed by atoms with Gasteiger partial charge in [0.25, 0.3) is 10.0 Å². The highest BCUT2D eigenvalue weighted by atomic mass is 32.2. The first-order chi connectivity index (χ1) is 15.9. The maximum absolute atomic E-state index is 12.8. The summed E-state index contributed by atoms with van der Waals surface area (Å²) in [6.07, 6.45) is -1.12. The minimum absolute atomic E-state index is 0.0250. The van der Waals surface area contributed by atoms with Gasteiger partial charge >= 0.3 is 5.97 Å². The molecule has 1 heterocycles. The van der Waals surface area contributed by atoms with E-state index in [4.69, 9.17) is 4.74 Å². The summed E-state index contributed by atoms with van der Waals surface area (Å²) in [6.45, 7) is 8.11. The largest absolute Gasteiger partial charge is 0.451 e. The van der Waals surface area contributed by atoms with E-state index in [-0.39, 0.29) is 21.9 Å². The number of aromatic amines is 1. The first-order valence-electron chi connectivity index (χ1n) is 10.6. The number of aryl methyl sites for hydroxylation is 2. The number of carbonyl (C=O) groups is 3. The maximum Gasteiger partial charge on any atom is 0.338 e. The number of anilines is 1. The zero-order valence-electron chi connectivity index (χ0n) is 19.6. The number of Topliss-reactive ketones (excluding diaryl/α,β-unsaturated/α-hetero) is 2. The second-order valence-corrected chi connectivity index (χ2v) is 9.77. The van der Waals surface area contributed by atoms with Crippen molar-refractivity contribution in [2.24, 2.45) is 0 Å². The summed E-state index contributed by atoms with van der Waals surface area (Å²) in [5.41, 5.74) is 3.25. The molecule has 0 aliphatic heterocycles. The summed E-state index contributed by atoms with van der Waals surface area (Å²) in [4.78, 5) is 40.0. The number of H-pyrrole nitrogens is 1. The van der Waals surface area contributed by atoms with Gasteiger partial charge in [0.1, 0.15) is 0 Å². The average Bonchev–Trinajstić information content (AvgIpc) is 3.08. The minimum Gasteiger partial charge on any atom is -0.451 e. The van der Waals surface area contributed by atoms with E-state index in [9.17, 15) is 22.8 Å². The summed E-state index contributed by atoms with van der Waals surface area (Å²) in [7, 11) is -3.84. The molecule has 3 aromatic rings. The van der Waals surface area contributed by atoms with Crippen molar-refractivity contribution in [3.8, 4) is 0 Å². The van der Waals surface area contributed by atoms with Crippen LogP contribution in [-0.2, 0) is 14.8 Å². The van der Waals surface area contributed by atoms with Gasteiger partial charge in [-0.3, -0.25) is 14.3 Å². The van der Waals surface area contributed by atoms with E-state index in [2.05, 4.69) is 9.71 Å². The molecule has 0 saturated carbocycles. The van der Waals surface area contributed by atoms with E-state index >= 15 is 0 Å². The van der Waals surface area contributed by atoms with Crippen LogP contribution in [0.2, 0.25) is 0 Å². The Hall–Kier alpha value is -3.72. The summed E-state index contributed by atoms with van der Waals surface area (Å²) in [6, 6.07) is 12.1. The van der Waals surface area contributed by atoms with Crippen molar-refractivity contribution >= 4 is 33.2 Å². The second-order valence-electron chi connectivity index (χ2n) is 8.09. The van der Waals surface area contributed by atoms with Crippen molar-refractivity contribution in [3.63, 3.8) is 0 Å². The highest BCUT2D eigenvalue weighted by Crippen LogP contribution is 2.21. The van der Waals surface area contributed by atoms with E-state index in [0.29, 0.717) is 22.5 Å². The molecule has 0 bridgehead atoms. The third-order valence-electron chi connectivity index (χ3n) is 5.39. The quantitative estimate of drug-likeness (QED) is 0.363. The fourth-order valence-corrected chi connectivity index (χ4v) is 4.67. The molecule has 2 aromatic carbocycles. The lowest BCUT2D eigenvalue weighted by Crippen LogP contribution is -2.25. The Kier molecular flexibility index (Phi) is 7.07. The topological polar surface area (TPSA) is 122 Å². The fourth-order valence-electron chi connectivity index (χ4n) is 3.62. The Bertz CT molecular complexity index is 1350. The summed E-state index contributed by atoms with van der Waals surface area (Å²) >= 11 is 0. The second kappa shape index (κ2) is 9.64. The zero-order valence-corrected chi connectivity index (χ0v) is 20.4. The van der Waals surface area contributed by atoms with Gasteiger partial charge in [0.15, 0.2) is 11.9 Å². The highest BCUT2D eigenvalue weighted by molar-refractivity contribution is 7.92. The van der Waals surface area contributed by atoms with E-state index in [1.165, 1.54) is 38.1 Å². The number of hydrogen-bond donors (Lipinski definition) is 2. The lowest BCUT2D eigenvalue weighted by Gasteiger charge is -2.13. The molecule has 0 saturated heterocycles. The predicted molar refractivity (Wildman–Crippen MR) is 128 cm³/mol. The standard InChI is InChI=1S/C25H26N2O6S/c1-14-6-10-20(11-7-14)27-34(31,32)21-12-8-19(9-13-21)25(30)33-18(5)24(29)23-15(2)22(17(4)28)16(3)26-23/h6-13,18,26-27H,1-5H3. The number of nitrogens with one attached hydrogen (secondary N) is 2. The average molecular weight is 483 g/mol. The van der Waals surface area contributed by atoms with Gasteiger partial charge in [0, 0.05) is 16.9 Å². The molecule has 0 aliphatic carbocycles. The number of ketones is 2. The van der Waals surface area contributed by atoms with Gasteiger partial charge in [-0.2, -0.15) is 0 Å². The first-order valence-corrected chi connectivity index (χ1v) is 12.0. The number of benzene rings is 2. The van der Waals surface area contributed by atoms with Crippen LogP contribution in [0.25, 0.3) is 0 Å². The van der Waals surface area contributed by atoms with Crippen molar-refractivity contribution in [2.45, 2.75) is 45.6 Å². The molecule has 9 heteroatoms. The fraction of sp³-hybridized carbons (Fsp3) is 0.240. The van der Waals surface area contributed by atoms with Crippen LogP contribution in [0.5, 0.6) is 0 Å². The molecule has 1 unspecified atom stereocenters. The molecule has 0 amide bonds. The number of rotatable bonds is 8. The van der Waals surface area contributed by atoms with Crippen molar-refractivity contribution in [2.75, 3.05) is 4.72 Å². The Morgan fingerprint density at radius 3 is 2.06 bits per heavy atom. The normalized spacial score (nSPS) is 12.1. The minimum atomic E-state index is -3.84. The Labute approximate surface area is 198 Å². The Balaban J connectivity index is 1.71. The predicted octanol–water partition coefficient (Wildman–Crippen LogP) is 4.37. The molecule has 2 N–H and O–H groups in total. The number of aromatic nitrogens is 1. The molecule has 0 aliphatic rings. The number of esters is 1. The number of hydrogen-bond acceptors (Lipinski definition) is 6. The van der Waals surface area contributed by atoms with Crippen molar-refractivity contribution in [3.05, 3.63) is 82.2 Å². The molecule has 8 nitrogen and oxygen atoms in total. The molecular formula is C25H26N2O6S. The highest BCUT2D eigenvalue weighted by Gasteiger charge is 2.26. The molecular weight excluding hydrogens is 456 g/mol. The van der Waals surface area contributed by atoms with Crippen LogP contribution >= 0.6 is 0 Å². The van der Waals surface area contributed by atoms with Crippen molar-refractivity contribution in [1.82, 2.24) is 4.98 Å². The van der Waals surface area contributed by atoms with Gasteiger partial charge < -0.3 is 9.72 Å². The SMILES string of the molecule is CC(=O)c1c(C)[nH]c(C(=O)C(C)OC(=O)c2ccc(S(=O)(=O)Nc3ccc(C)cc3)cc2)c1C. The first kappa shape index (κ1) is 24.9. The summed E-state index contributed by atoms with van der Waals surface area (Å²) in [5, 5.41) is 0. The molecule has 3 rings (SSSR count). The Morgan fingerprint density at radius 2 is 1.53 bits per heavy atom. The summed E-state index contributed by atoms with van der Waals surface area (Å²) < 4.78 is 33.0.